The topological polar surface area (TPSA) is 65.1 Å². The Hall–Kier alpha value is -1.79. The molecule has 0 spiro atoms. The van der Waals surface area contributed by atoms with E-state index in [9.17, 15) is 9.35 Å². The van der Waals surface area contributed by atoms with Crippen molar-refractivity contribution >= 4 is 56.9 Å². The van der Waals surface area contributed by atoms with E-state index in [0.717, 1.165) is 5.39 Å². The van der Waals surface area contributed by atoms with Crippen LogP contribution < -0.4 is 5.32 Å². The summed E-state index contributed by atoms with van der Waals surface area (Å²) in [5.41, 5.74) is 1.34. The van der Waals surface area contributed by atoms with Crippen molar-refractivity contribution in [3.63, 3.8) is 0 Å². The van der Waals surface area contributed by atoms with Gasteiger partial charge in [0.15, 0.2) is 4.90 Å². The van der Waals surface area contributed by atoms with Gasteiger partial charge in [-0.3, -0.25) is 4.79 Å². The number of hydrogen-bond donors (Lipinski definition) is 1. The minimum absolute atomic E-state index is 0.212. The van der Waals surface area contributed by atoms with Gasteiger partial charge in [0, 0.05) is 11.5 Å². The summed E-state index contributed by atoms with van der Waals surface area (Å²) in [7, 11) is 0. The lowest BCUT2D eigenvalue weighted by atomic mass is 10.1. The molecule has 0 aliphatic carbocycles. The molecule has 1 unspecified atom stereocenters. The van der Waals surface area contributed by atoms with Crippen LogP contribution in [-0.2, 0) is 11.2 Å². The fourth-order valence-corrected chi connectivity index (χ4v) is 3.36. The first-order chi connectivity index (χ1) is 11.5. The number of fused-ring (bicyclic) bond motifs is 1. The van der Waals surface area contributed by atoms with Crippen molar-refractivity contribution in [1.29, 1.82) is 0 Å². The van der Waals surface area contributed by atoms with E-state index in [1.807, 2.05) is 6.07 Å². The van der Waals surface area contributed by atoms with Crippen molar-refractivity contribution in [2.45, 2.75) is 4.90 Å². The van der Waals surface area contributed by atoms with Crippen LogP contribution in [0.25, 0.3) is 10.9 Å². The van der Waals surface area contributed by atoms with E-state index in [2.05, 4.69) is 10.3 Å². The lowest BCUT2D eigenvalue weighted by Crippen LogP contribution is -2.13. The predicted octanol–water partition coefficient (Wildman–Crippen LogP) is 4.53. The molecule has 4 nitrogen and oxygen atoms in total. The molecule has 3 rings (SSSR count). The smallest absolute Gasteiger partial charge is 0.258 e. The van der Waals surface area contributed by atoms with E-state index < -0.39 is 17.1 Å². The molecule has 1 amide bonds. The molecule has 1 atom stereocenters. The van der Waals surface area contributed by atoms with Gasteiger partial charge in [-0.2, -0.15) is 0 Å². The molecular formula is C17H12Cl2N2O2S. The van der Waals surface area contributed by atoms with Crippen LogP contribution in [-0.4, -0.2) is 21.7 Å². The minimum atomic E-state index is -1.12. The van der Waals surface area contributed by atoms with Crippen molar-refractivity contribution in [2.75, 3.05) is 11.6 Å². The van der Waals surface area contributed by atoms with Crippen LogP contribution >= 0.6 is 23.2 Å². The van der Waals surface area contributed by atoms with Gasteiger partial charge in [-0.1, -0.05) is 41.4 Å². The monoisotopic (exact) mass is 378 g/mol. The number of hydrogen-bond acceptors (Lipinski definition) is 3. The Balaban J connectivity index is 2.00. The summed E-state index contributed by atoms with van der Waals surface area (Å²) in [5, 5.41) is 4.12. The Bertz CT molecular complexity index is 911. The first-order valence-electron chi connectivity index (χ1n) is 6.95. The summed E-state index contributed by atoms with van der Waals surface area (Å²) in [6.07, 6.45) is 3.13. The highest BCUT2D eigenvalue weighted by Gasteiger charge is 2.16. The van der Waals surface area contributed by atoms with E-state index in [1.165, 1.54) is 6.20 Å². The zero-order valence-electron chi connectivity index (χ0n) is 12.5. The second-order valence-corrected chi connectivity index (χ2v) is 7.25. The average Bonchev–Trinajstić information content (AvgIpc) is 2.54. The quantitative estimate of drug-likeness (QED) is 0.680. The minimum Gasteiger partial charge on any atom is -0.612 e. The normalized spacial score (nSPS) is 12.2. The molecule has 24 heavy (non-hydrogen) atoms. The van der Waals surface area contributed by atoms with Gasteiger partial charge in [0.1, 0.15) is 6.26 Å². The van der Waals surface area contributed by atoms with Crippen molar-refractivity contribution in [3.8, 4) is 0 Å². The maximum Gasteiger partial charge on any atom is 0.258 e. The van der Waals surface area contributed by atoms with E-state index in [0.29, 0.717) is 16.1 Å². The molecule has 1 heterocycles. The predicted molar refractivity (Wildman–Crippen MR) is 98.5 cm³/mol. The molecular weight excluding hydrogens is 367 g/mol. The SMILES string of the molecule is C[S+]([O-])c1cnc2c(NC(=O)c3c(Cl)cccc3Cl)cccc2c1. The maximum absolute atomic E-state index is 12.5. The van der Waals surface area contributed by atoms with Gasteiger partial charge in [-0.15, -0.1) is 0 Å². The highest BCUT2D eigenvalue weighted by atomic mass is 35.5. The zero-order chi connectivity index (χ0) is 17.3. The highest BCUT2D eigenvalue weighted by Crippen LogP contribution is 2.28. The third kappa shape index (κ3) is 3.35. The molecule has 0 saturated carbocycles. The standard InChI is InChI=1S/C17H12Cl2N2O2S/c1-24(23)11-8-10-4-2-7-14(16(10)20-9-11)21-17(22)15-12(18)5-3-6-13(15)19/h2-9H,1H3,(H,21,22). The second kappa shape index (κ2) is 6.99. The van der Waals surface area contributed by atoms with Crippen LogP contribution in [0, 0.1) is 0 Å². The first kappa shape index (κ1) is 17.0. The number of halogens is 2. The lowest BCUT2D eigenvalue weighted by Gasteiger charge is -2.11. The number of aromatic nitrogens is 1. The van der Waals surface area contributed by atoms with E-state index >= 15 is 0 Å². The molecule has 7 heteroatoms. The van der Waals surface area contributed by atoms with Crippen LogP contribution in [0.5, 0.6) is 0 Å². The van der Waals surface area contributed by atoms with Crippen molar-refractivity contribution in [2.24, 2.45) is 0 Å². The van der Waals surface area contributed by atoms with Gasteiger partial charge in [0.2, 0.25) is 0 Å². The van der Waals surface area contributed by atoms with E-state index in [-0.39, 0.29) is 15.6 Å². The number of amides is 1. The lowest BCUT2D eigenvalue weighted by molar-refractivity contribution is 0.102. The van der Waals surface area contributed by atoms with Gasteiger partial charge in [0.25, 0.3) is 5.91 Å². The number of carbonyl (C=O) groups excluding carboxylic acids is 1. The number of pyridine rings is 1. The van der Waals surface area contributed by atoms with Gasteiger partial charge in [-0.05, 0) is 29.4 Å². The Labute approximate surface area is 152 Å². The first-order valence-corrected chi connectivity index (χ1v) is 9.26. The van der Waals surface area contributed by atoms with Gasteiger partial charge < -0.3 is 9.87 Å². The molecule has 0 aliphatic heterocycles. The summed E-state index contributed by atoms with van der Waals surface area (Å²) < 4.78 is 11.6. The number of rotatable bonds is 3. The fourth-order valence-electron chi connectivity index (χ4n) is 2.30. The Morgan fingerprint density at radius 1 is 1.17 bits per heavy atom. The van der Waals surface area contributed by atoms with Gasteiger partial charge in [0.05, 0.1) is 33.0 Å². The van der Waals surface area contributed by atoms with Crippen molar-refractivity contribution in [1.82, 2.24) is 4.98 Å². The number of nitrogens with one attached hydrogen (secondary N) is 1. The Kier molecular flexibility index (Phi) is 4.96. The maximum atomic E-state index is 12.5. The second-order valence-electron chi connectivity index (χ2n) is 5.05. The molecule has 0 bridgehead atoms. The molecule has 2 aromatic carbocycles. The van der Waals surface area contributed by atoms with Crippen molar-refractivity contribution in [3.05, 3.63) is 64.3 Å². The van der Waals surface area contributed by atoms with E-state index in [1.54, 1.807) is 42.7 Å². The number of anilines is 1. The largest absolute Gasteiger partial charge is 0.612 e. The van der Waals surface area contributed by atoms with Crippen LogP contribution in [0.4, 0.5) is 5.69 Å². The Morgan fingerprint density at radius 3 is 2.50 bits per heavy atom. The number of para-hydroxylation sites is 1. The molecule has 3 aromatic rings. The molecule has 0 radical (unpaired) electrons. The molecule has 1 N–H and O–H groups in total. The summed E-state index contributed by atoms with van der Waals surface area (Å²) >= 11 is 11.0. The fraction of sp³-hybridized carbons (Fsp3) is 0.0588. The number of nitrogens with zero attached hydrogens (tertiary/aromatic N) is 1. The van der Waals surface area contributed by atoms with Crippen molar-refractivity contribution < 1.29 is 9.35 Å². The number of benzene rings is 2. The summed E-state index contributed by atoms with van der Waals surface area (Å²) in [5.74, 6) is -0.414. The molecule has 0 fully saturated rings. The third-order valence-electron chi connectivity index (χ3n) is 3.46. The molecule has 0 saturated heterocycles. The molecule has 1 aromatic heterocycles. The van der Waals surface area contributed by atoms with Gasteiger partial charge >= 0.3 is 0 Å². The number of carbonyl (C=O) groups is 1. The Morgan fingerprint density at radius 2 is 1.83 bits per heavy atom. The summed E-state index contributed by atoms with van der Waals surface area (Å²) in [4.78, 5) is 17.5. The third-order valence-corrected chi connectivity index (χ3v) is 4.97. The summed E-state index contributed by atoms with van der Waals surface area (Å²) in [6, 6.07) is 12.0. The summed E-state index contributed by atoms with van der Waals surface area (Å²) in [6.45, 7) is 0. The zero-order valence-corrected chi connectivity index (χ0v) is 14.9. The van der Waals surface area contributed by atoms with E-state index in [4.69, 9.17) is 23.2 Å². The average molecular weight is 379 g/mol. The molecule has 0 aliphatic rings. The van der Waals surface area contributed by atoms with Crippen LogP contribution in [0.15, 0.2) is 53.6 Å². The van der Waals surface area contributed by atoms with Crippen LogP contribution in [0.3, 0.4) is 0 Å². The van der Waals surface area contributed by atoms with Crippen LogP contribution in [0.1, 0.15) is 10.4 Å². The highest BCUT2D eigenvalue weighted by molar-refractivity contribution is 7.90. The van der Waals surface area contributed by atoms with Crippen LogP contribution in [0.2, 0.25) is 10.0 Å². The molecule has 122 valence electrons. The van der Waals surface area contributed by atoms with Gasteiger partial charge in [-0.25, -0.2) is 4.98 Å².